The van der Waals surface area contributed by atoms with Crippen molar-refractivity contribution in [3.05, 3.63) is 46.3 Å². The first kappa shape index (κ1) is 17.6. The van der Waals surface area contributed by atoms with Gasteiger partial charge < -0.3 is 0 Å². The van der Waals surface area contributed by atoms with Gasteiger partial charge in [-0.3, -0.25) is 24.6 Å². The van der Waals surface area contributed by atoms with Gasteiger partial charge in [-0.05, 0) is 18.6 Å². The monoisotopic (exact) mass is 366 g/mol. The first-order chi connectivity index (χ1) is 12.3. The lowest BCUT2D eigenvalue weighted by Crippen LogP contribution is -2.24. The highest BCUT2D eigenvalue weighted by atomic mass is 19.4. The summed E-state index contributed by atoms with van der Waals surface area (Å²) in [7, 11) is 0. The number of para-hydroxylation sites is 1. The van der Waals surface area contributed by atoms with Gasteiger partial charge in [-0.2, -0.15) is 18.2 Å². The van der Waals surface area contributed by atoms with Gasteiger partial charge in [-0.15, -0.1) is 5.10 Å². The molecule has 3 rings (SSSR count). The van der Waals surface area contributed by atoms with Gasteiger partial charge in [0.1, 0.15) is 0 Å². The molecule has 2 heterocycles. The third-order valence-corrected chi connectivity index (χ3v) is 3.64. The number of anilines is 1. The van der Waals surface area contributed by atoms with Crippen LogP contribution >= 0.6 is 0 Å². The SMILES string of the molecule is Cc1cccc2c(=O)n(CCC(=O)Nc3n[nH]c(C(F)(F)F)n3)cnc12. The molecule has 1 amide bonds. The van der Waals surface area contributed by atoms with Crippen LogP contribution in [0.1, 0.15) is 17.8 Å². The standard InChI is InChI=1S/C15H13F3N6O2/c1-8-3-2-4-9-11(8)19-7-24(12(9)26)6-5-10(25)20-14-21-13(22-23-14)15(16,17)18/h2-4,7H,5-6H2,1H3,(H2,20,21,22,23,25). The molecule has 3 aromatic rings. The summed E-state index contributed by atoms with van der Waals surface area (Å²) in [6, 6.07) is 5.21. The first-order valence-electron chi connectivity index (χ1n) is 7.50. The predicted molar refractivity (Wildman–Crippen MR) is 85.4 cm³/mol. The van der Waals surface area contributed by atoms with E-state index in [4.69, 9.17) is 0 Å². The molecule has 0 bridgehead atoms. The summed E-state index contributed by atoms with van der Waals surface area (Å²) >= 11 is 0. The number of hydrogen-bond acceptors (Lipinski definition) is 5. The van der Waals surface area contributed by atoms with Gasteiger partial charge in [0.15, 0.2) is 0 Å². The Morgan fingerprint density at radius 3 is 2.81 bits per heavy atom. The molecule has 0 aliphatic heterocycles. The zero-order valence-corrected chi connectivity index (χ0v) is 13.5. The number of aromatic nitrogens is 5. The molecule has 0 radical (unpaired) electrons. The van der Waals surface area contributed by atoms with E-state index >= 15 is 0 Å². The average molecular weight is 366 g/mol. The Bertz CT molecular complexity index is 1020. The van der Waals surface area contributed by atoms with Crippen molar-refractivity contribution in [2.45, 2.75) is 26.1 Å². The molecule has 0 spiro atoms. The van der Waals surface area contributed by atoms with Crippen LogP contribution in [0.15, 0.2) is 29.3 Å². The lowest BCUT2D eigenvalue weighted by atomic mass is 10.1. The number of halogens is 3. The van der Waals surface area contributed by atoms with Gasteiger partial charge in [-0.25, -0.2) is 4.98 Å². The van der Waals surface area contributed by atoms with Gasteiger partial charge in [0.05, 0.1) is 17.2 Å². The Morgan fingerprint density at radius 2 is 2.12 bits per heavy atom. The van der Waals surface area contributed by atoms with Crippen molar-refractivity contribution in [1.29, 1.82) is 0 Å². The number of rotatable bonds is 4. The summed E-state index contributed by atoms with van der Waals surface area (Å²) in [6.45, 7) is 1.84. The van der Waals surface area contributed by atoms with E-state index in [1.807, 2.05) is 13.0 Å². The quantitative estimate of drug-likeness (QED) is 0.733. The van der Waals surface area contributed by atoms with Crippen LogP contribution in [0.5, 0.6) is 0 Å². The number of H-pyrrole nitrogens is 1. The third kappa shape index (κ3) is 3.55. The average Bonchev–Trinajstić information content (AvgIpc) is 3.04. The van der Waals surface area contributed by atoms with Crippen molar-refractivity contribution >= 4 is 22.8 Å². The minimum atomic E-state index is -4.68. The maximum atomic E-state index is 12.4. The molecule has 2 N–H and O–H groups in total. The Kier molecular flexibility index (Phi) is 4.45. The topological polar surface area (TPSA) is 106 Å². The molecule has 0 saturated heterocycles. The molecule has 1 aromatic carbocycles. The van der Waals surface area contributed by atoms with E-state index in [-0.39, 0.29) is 18.5 Å². The Balaban J connectivity index is 1.68. The Morgan fingerprint density at radius 1 is 1.35 bits per heavy atom. The first-order valence-corrected chi connectivity index (χ1v) is 7.50. The highest BCUT2D eigenvalue weighted by Gasteiger charge is 2.35. The molecule has 26 heavy (non-hydrogen) atoms. The lowest BCUT2D eigenvalue weighted by molar-refractivity contribution is -0.144. The van der Waals surface area contributed by atoms with E-state index < -0.39 is 23.9 Å². The number of amides is 1. The van der Waals surface area contributed by atoms with Gasteiger partial charge in [0, 0.05) is 13.0 Å². The predicted octanol–water partition coefficient (Wildman–Crippen LogP) is 1.87. The van der Waals surface area contributed by atoms with Gasteiger partial charge in [-0.1, -0.05) is 12.1 Å². The van der Waals surface area contributed by atoms with Crippen LogP contribution in [0.25, 0.3) is 10.9 Å². The summed E-state index contributed by atoms with van der Waals surface area (Å²) in [5.74, 6) is -2.42. The molecule has 0 aliphatic carbocycles. The number of benzene rings is 1. The maximum absolute atomic E-state index is 12.4. The van der Waals surface area contributed by atoms with Gasteiger partial charge >= 0.3 is 6.18 Å². The van der Waals surface area contributed by atoms with Crippen molar-refractivity contribution in [2.24, 2.45) is 0 Å². The molecule has 0 fully saturated rings. The minimum absolute atomic E-state index is 0.0120. The van der Waals surface area contributed by atoms with E-state index in [0.717, 1.165) is 5.56 Å². The molecular formula is C15H13F3N6O2. The number of aromatic amines is 1. The fourth-order valence-corrected chi connectivity index (χ4v) is 2.35. The summed E-state index contributed by atoms with van der Waals surface area (Å²) in [4.78, 5) is 31.6. The van der Waals surface area contributed by atoms with Crippen molar-refractivity contribution in [2.75, 3.05) is 5.32 Å². The molecule has 0 aliphatic rings. The summed E-state index contributed by atoms with van der Waals surface area (Å²) in [5, 5.41) is 7.54. The highest BCUT2D eigenvalue weighted by molar-refractivity contribution is 5.88. The molecule has 0 saturated carbocycles. The molecule has 2 aromatic heterocycles. The molecule has 136 valence electrons. The molecule has 0 atom stereocenters. The van der Waals surface area contributed by atoms with Gasteiger partial charge in [0.2, 0.25) is 17.7 Å². The zero-order valence-electron chi connectivity index (χ0n) is 13.5. The van der Waals surface area contributed by atoms with Crippen LogP contribution in [0.3, 0.4) is 0 Å². The number of hydrogen-bond donors (Lipinski definition) is 2. The van der Waals surface area contributed by atoms with E-state index in [9.17, 15) is 22.8 Å². The van der Waals surface area contributed by atoms with Crippen LogP contribution in [0.2, 0.25) is 0 Å². The number of nitrogens with zero attached hydrogens (tertiary/aromatic N) is 4. The number of fused-ring (bicyclic) bond motifs is 1. The lowest BCUT2D eigenvalue weighted by Gasteiger charge is -2.07. The Labute approximate surface area is 144 Å². The smallest absolute Gasteiger partial charge is 0.298 e. The number of nitrogens with one attached hydrogen (secondary N) is 2. The van der Waals surface area contributed by atoms with Crippen LogP contribution in [0.4, 0.5) is 19.1 Å². The minimum Gasteiger partial charge on any atom is -0.298 e. The van der Waals surface area contributed by atoms with Crippen LogP contribution in [-0.4, -0.2) is 30.6 Å². The normalized spacial score (nSPS) is 11.7. The van der Waals surface area contributed by atoms with E-state index in [1.54, 1.807) is 17.2 Å². The second-order valence-corrected chi connectivity index (χ2v) is 5.52. The molecule has 8 nitrogen and oxygen atoms in total. The number of alkyl halides is 3. The molecular weight excluding hydrogens is 353 g/mol. The summed E-state index contributed by atoms with van der Waals surface area (Å²) in [6.07, 6.45) is -3.51. The van der Waals surface area contributed by atoms with Crippen LogP contribution in [-0.2, 0) is 17.5 Å². The van der Waals surface area contributed by atoms with Crippen molar-refractivity contribution < 1.29 is 18.0 Å². The number of aryl methyl sites for hydroxylation is 2. The third-order valence-electron chi connectivity index (χ3n) is 3.64. The zero-order chi connectivity index (χ0) is 18.9. The fourth-order valence-electron chi connectivity index (χ4n) is 2.35. The van der Waals surface area contributed by atoms with Crippen molar-refractivity contribution in [3.63, 3.8) is 0 Å². The van der Waals surface area contributed by atoms with Gasteiger partial charge in [0.25, 0.3) is 5.56 Å². The van der Waals surface area contributed by atoms with E-state index in [1.165, 1.54) is 10.9 Å². The second kappa shape index (κ2) is 6.58. The van der Waals surface area contributed by atoms with E-state index in [0.29, 0.717) is 10.9 Å². The van der Waals surface area contributed by atoms with E-state index in [2.05, 4.69) is 20.4 Å². The van der Waals surface area contributed by atoms with Crippen LogP contribution < -0.4 is 10.9 Å². The maximum Gasteiger partial charge on any atom is 0.451 e. The fraction of sp³-hybridized carbons (Fsp3) is 0.267. The highest BCUT2D eigenvalue weighted by Crippen LogP contribution is 2.26. The second-order valence-electron chi connectivity index (χ2n) is 5.52. The van der Waals surface area contributed by atoms with Crippen LogP contribution in [0, 0.1) is 6.92 Å². The van der Waals surface area contributed by atoms with Crippen molar-refractivity contribution in [1.82, 2.24) is 24.7 Å². The van der Waals surface area contributed by atoms with Crippen molar-refractivity contribution in [3.8, 4) is 0 Å². The largest absolute Gasteiger partial charge is 0.451 e. The summed E-state index contributed by atoms with van der Waals surface area (Å²) < 4.78 is 38.5. The summed E-state index contributed by atoms with van der Waals surface area (Å²) in [5.41, 5.74) is 1.14. The number of carbonyl (C=O) groups is 1. The Hall–Kier alpha value is -3.24. The number of carbonyl (C=O) groups excluding carboxylic acids is 1. The molecule has 11 heteroatoms. The molecule has 0 unspecified atom stereocenters.